The van der Waals surface area contributed by atoms with Crippen LogP contribution in [0.5, 0.6) is 0 Å². The van der Waals surface area contributed by atoms with Crippen molar-refractivity contribution in [3.05, 3.63) is 35.4 Å². The van der Waals surface area contributed by atoms with Crippen molar-refractivity contribution in [3.63, 3.8) is 0 Å². The lowest BCUT2D eigenvalue weighted by molar-refractivity contribution is 0.0342. The predicted octanol–water partition coefficient (Wildman–Crippen LogP) is 2.00. The number of hydrogen-bond acceptors (Lipinski definition) is 4. The van der Waals surface area contributed by atoms with Crippen LogP contribution in [-0.4, -0.2) is 63.5 Å². The highest BCUT2D eigenvalue weighted by Gasteiger charge is 2.10. The average Bonchev–Trinajstić information content (AvgIpc) is 2.67. The lowest BCUT2D eigenvalue weighted by Crippen LogP contribution is -2.38. The molecule has 0 aromatic heterocycles. The summed E-state index contributed by atoms with van der Waals surface area (Å²) in [4.78, 5) is 7.15. The Labute approximate surface area is 158 Å². The van der Waals surface area contributed by atoms with E-state index in [1.807, 2.05) is 6.92 Å². The van der Waals surface area contributed by atoms with Gasteiger partial charge in [-0.3, -0.25) is 4.90 Å². The smallest absolute Gasteiger partial charge is 0.191 e. The highest BCUT2D eigenvalue weighted by Crippen LogP contribution is 2.10. The first-order valence-electron chi connectivity index (χ1n) is 9.79. The fourth-order valence-electron chi connectivity index (χ4n) is 2.88. The van der Waals surface area contributed by atoms with E-state index in [4.69, 9.17) is 14.5 Å². The van der Waals surface area contributed by atoms with E-state index in [0.717, 1.165) is 71.5 Å². The minimum absolute atomic E-state index is 0.678. The van der Waals surface area contributed by atoms with Gasteiger partial charge in [0.1, 0.15) is 0 Å². The molecule has 146 valence electrons. The van der Waals surface area contributed by atoms with Gasteiger partial charge in [0.15, 0.2) is 5.96 Å². The van der Waals surface area contributed by atoms with E-state index < -0.39 is 0 Å². The Balaban J connectivity index is 1.83. The van der Waals surface area contributed by atoms with Crippen molar-refractivity contribution in [2.45, 2.75) is 33.4 Å². The van der Waals surface area contributed by atoms with Gasteiger partial charge < -0.3 is 20.1 Å². The first-order chi connectivity index (χ1) is 12.8. The second kappa shape index (κ2) is 12.7. The summed E-state index contributed by atoms with van der Waals surface area (Å²) in [5.41, 5.74) is 2.58. The summed E-state index contributed by atoms with van der Waals surface area (Å²) < 4.78 is 10.8. The number of aliphatic imine (C=N–C) groups is 1. The minimum Gasteiger partial charge on any atom is -0.382 e. The normalized spacial score (nSPS) is 15.8. The van der Waals surface area contributed by atoms with E-state index >= 15 is 0 Å². The molecule has 6 heteroatoms. The van der Waals surface area contributed by atoms with E-state index in [9.17, 15) is 0 Å². The molecule has 0 radical (unpaired) electrons. The van der Waals surface area contributed by atoms with E-state index in [0.29, 0.717) is 6.54 Å². The molecule has 1 aliphatic rings. The average molecular weight is 363 g/mol. The molecule has 26 heavy (non-hydrogen) atoms. The van der Waals surface area contributed by atoms with Crippen molar-refractivity contribution in [1.29, 1.82) is 0 Å². The second-order valence-electron chi connectivity index (χ2n) is 6.38. The standard InChI is InChI=1S/C20H34N4O2/c1-3-21-20(22-9-6-12-25-4-2)23-16-18-7-5-8-19(15-18)17-24-10-13-26-14-11-24/h5,7-8,15H,3-4,6,9-14,16-17H2,1-2H3,(H2,21,22,23). The third kappa shape index (κ3) is 8.17. The van der Waals surface area contributed by atoms with Gasteiger partial charge in [0.05, 0.1) is 19.8 Å². The molecule has 0 saturated carbocycles. The van der Waals surface area contributed by atoms with Crippen LogP contribution in [0.25, 0.3) is 0 Å². The molecule has 0 aliphatic carbocycles. The third-order valence-electron chi connectivity index (χ3n) is 4.23. The number of hydrogen-bond donors (Lipinski definition) is 2. The fourth-order valence-corrected chi connectivity index (χ4v) is 2.88. The summed E-state index contributed by atoms with van der Waals surface area (Å²) in [6, 6.07) is 8.73. The number of nitrogens with zero attached hydrogens (tertiary/aromatic N) is 2. The molecule has 0 spiro atoms. The Morgan fingerprint density at radius 1 is 1.19 bits per heavy atom. The van der Waals surface area contributed by atoms with E-state index in [2.05, 4.69) is 46.7 Å². The van der Waals surface area contributed by atoms with Crippen LogP contribution >= 0.6 is 0 Å². The van der Waals surface area contributed by atoms with Crippen molar-refractivity contribution >= 4 is 5.96 Å². The molecule has 6 nitrogen and oxygen atoms in total. The van der Waals surface area contributed by atoms with Crippen LogP contribution < -0.4 is 10.6 Å². The van der Waals surface area contributed by atoms with E-state index in [1.165, 1.54) is 11.1 Å². The number of nitrogens with one attached hydrogen (secondary N) is 2. The molecule has 1 saturated heterocycles. The summed E-state index contributed by atoms with van der Waals surface area (Å²) in [6.07, 6.45) is 0.979. The Morgan fingerprint density at radius 3 is 2.77 bits per heavy atom. The van der Waals surface area contributed by atoms with Crippen LogP contribution in [0.15, 0.2) is 29.3 Å². The van der Waals surface area contributed by atoms with E-state index in [1.54, 1.807) is 0 Å². The van der Waals surface area contributed by atoms with Crippen molar-refractivity contribution in [3.8, 4) is 0 Å². The van der Waals surface area contributed by atoms with Gasteiger partial charge in [-0.15, -0.1) is 0 Å². The molecule has 0 atom stereocenters. The van der Waals surface area contributed by atoms with Gasteiger partial charge in [-0.25, -0.2) is 4.99 Å². The molecule has 1 heterocycles. The first kappa shape index (κ1) is 20.7. The zero-order valence-electron chi connectivity index (χ0n) is 16.3. The maximum absolute atomic E-state index is 5.42. The van der Waals surface area contributed by atoms with Gasteiger partial charge >= 0.3 is 0 Å². The van der Waals surface area contributed by atoms with Crippen LogP contribution in [0.2, 0.25) is 0 Å². The summed E-state index contributed by atoms with van der Waals surface area (Å²) in [6.45, 7) is 12.7. The van der Waals surface area contributed by atoms with Crippen LogP contribution in [0, 0.1) is 0 Å². The molecule has 0 bridgehead atoms. The van der Waals surface area contributed by atoms with Gasteiger partial charge in [0.25, 0.3) is 0 Å². The molecular formula is C20H34N4O2. The molecule has 0 unspecified atom stereocenters. The molecule has 2 N–H and O–H groups in total. The van der Waals surface area contributed by atoms with E-state index in [-0.39, 0.29) is 0 Å². The van der Waals surface area contributed by atoms with Gasteiger partial charge in [-0.2, -0.15) is 0 Å². The molecule has 1 aromatic rings. The number of ether oxygens (including phenoxy) is 2. The van der Waals surface area contributed by atoms with Crippen molar-refractivity contribution in [2.75, 3.05) is 52.6 Å². The molecule has 1 fully saturated rings. The Hall–Kier alpha value is -1.63. The second-order valence-corrected chi connectivity index (χ2v) is 6.38. The minimum atomic E-state index is 0.678. The number of benzene rings is 1. The molecule has 2 rings (SSSR count). The van der Waals surface area contributed by atoms with Crippen LogP contribution in [-0.2, 0) is 22.6 Å². The van der Waals surface area contributed by atoms with Crippen molar-refractivity contribution in [1.82, 2.24) is 15.5 Å². The fraction of sp³-hybridized carbons (Fsp3) is 0.650. The number of morpholine rings is 1. The summed E-state index contributed by atoms with van der Waals surface area (Å²) in [7, 11) is 0. The molecular weight excluding hydrogens is 328 g/mol. The summed E-state index contributed by atoms with van der Waals surface area (Å²) in [5.74, 6) is 0.864. The van der Waals surface area contributed by atoms with Gasteiger partial charge in [0.2, 0.25) is 0 Å². The van der Waals surface area contributed by atoms with Crippen LogP contribution in [0.1, 0.15) is 31.4 Å². The maximum Gasteiger partial charge on any atom is 0.191 e. The Bertz CT molecular complexity index is 530. The number of guanidine groups is 1. The maximum atomic E-state index is 5.42. The zero-order chi connectivity index (χ0) is 18.5. The molecule has 1 aromatic carbocycles. The summed E-state index contributed by atoms with van der Waals surface area (Å²) in [5, 5.41) is 6.67. The van der Waals surface area contributed by atoms with Crippen LogP contribution in [0.4, 0.5) is 0 Å². The number of rotatable bonds is 10. The predicted molar refractivity (Wildman–Crippen MR) is 106 cm³/mol. The first-order valence-corrected chi connectivity index (χ1v) is 9.79. The largest absolute Gasteiger partial charge is 0.382 e. The topological polar surface area (TPSA) is 58.1 Å². The Morgan fingerprint density at radius 2 is 2.00 bits per heavy atom. The van der Waals surface area contributed by atoms with Crippen molar-refractivity contribution < 1.29 is 9.47 Å². The molecule has 1 aliphatic heterocycles. The van der Waals surface area contributed by atoms with Crippen molar-refractivity contribution in [2.24, 2.45) is 4.99 Å². The quantitative estimate of drug-likeness (QED) is 0.379. The lowest BCUT2D eigenvalue weighted by atomic mass is 10.1. The van der Waals surface area contributed by atoms with Gasteiger partial charge in [0, 0.05) is 45.9 Å². The third-order valence-corrected chi connectivity index (χ3v) is 4.23. The van der Waals surface area contributed by atoms with Crippen LogP contribution in [0.3, 0.4) is 0 Å². The Kier molecular flexibility index (Phi) is 10.1. The van der Waals surface area contributed by atoms with Gasteiger partial charge in [-0.05, 0) is 31.4 Å². The highest BCUT2D eigenvalue weighted by atomic mass is 16.5. The highest BCUT2D eigenvalue weighted by molar-refractivity contribution is 5.79. The monoisotopic (exact) mass is 362 g/mol. The summed E-state index contributed by atoms with van der Waals surface area (Å²) >= 11 is 0. The lowest BCUT2D eigenvalue weighted by Gasteiger charge is -2.26. The molecule has 0 amide bonds. The SMILES string of the molecule is CCNC(=NCc1cccc(CN2CCOCC2)c1)NCCCOCC. The zero-order valence-corrected chi connectivity index (χ0v) is 16.3. The van der Waals surface area contributed by atoms with Gasteiger partial charge in [-0.1, -0.05) is 24.3 Å².